The third kappa shape index (κ3) is 5.29. The second-order valence-electron chi connectivity index (χ2n) is 9.17. The number of ether oxygens (including phenoxy) is 2. The van der Waals surface area contributed by atoms with Crippen molar-refractivity contribution in [3.05, 3.63) is 12.3 Å². The SMILES string of the molecule is C#C[C@]1(C)[C@@H]2O[P@@](=O)(OCCCCC(=O)OC3CCCC3)OC[C@H]2O[C@H]1N1C=CC(=O)CC1=O. The van der Waals surface area contributed by atoms with Crippen LogP contribution >= 0.6 is 7.82 Å². The molecule has 34 heavy (non-hydrogen) atoms. The molecule has 0 N–H and O–H groups in total. The van der Waals surface area contributed by atoms with E-state index in [9.17, 15) is 18.9 Å². The topological polar surface area (TPSA) is 118 Å². The molecule has 3 fully saturated rings. The largest absolute Gasteiger partial charge is 0.475 e. The Hall–Kier alpha value is -2.02. The van der Waals surface area contributed by atoms with Gasteiger partial charge in [-0.1, -0.05) is 5.92 Å². The summed E-state index contributed by atoms with van der Waals surface area (Å²) in [6.45, 7) is 1.65. The summed E-state index contributed by atoms with van der Waals surface area (Å²) >= 11 is 0. The summed E-state index contributed by atoms with van der Waals surface area (Å²) in [4.78, 5) is 37.1. The molecule has 4 rings (SSSR count). The molecule has 4 aliphatic rings. The third-order valence-electron chi connectivity index (χ3n) is 6.61. The minimum atomic E-state index is -3.92. The van der Waals surface area contributed by atoms with Crippen LogP contribution in [0.4, 0.5) is 0 Å². The number of amides is 1. The molecule has 1 saturated carbocycles. The van der Waals surface area contributed by atoms with Gasteiger partial charge >= 0.3 is 13.8 Å². The van der Waals surface area contributed by atoms with Crippen LogP contribution in [0.5, 0.6) is 0 Å². The first-order valence-corrected chi connectivity index (χ1v) is 13.1. The zero-order valence-corrected chi connectivity index (χ0v) is 20.1. The highest BCUT2D eigenvalue weighted by atomic mass is 31.2. The molecule has 3 heterocycles. The number of allylic oxidation sites excluding steroid dienone is 1. The maximum atomic E-state index is 13.1. The van der Waals surface area contributed by atoms with Gasteiger partial charge in [-0.3, -0.25) is 32.9 Å². The van der Waals surface area contributed by atoms with Gasteiger partial charge in [0, 0.05) is 12.6 Å². The van der Waals surface area contributed by atoms with Crippen molar-refractivity contribution >= 4 is 25.5 Å². The summed E-state index contributed by atoms with van der Waals surface area (Å²) in [5, 5.41) is 0. The molecule has 0 bridgehead atoms. The zero-order chi connectivity index (χ0) is 24.3. The van der Waals surface area contributed by atoms with Crippen LogP contribution in [0.25, 0.3) is 0 Å². The van der Waals surface area contributed by atoms with Gasteiger partial charge in [-0.2, -0.15) is 0 Å². The summed E-state index contributed by atoms with van der Waals surface area (Å²) in [5.74, 6) is 1.66. The Morgan fingerprint density at radius 2 is 2.09 bits per heavy atom. The van der Waals surface area contributed by atoms with Crippen LogP contribution in [0.3, 0.4) is 0 Å². The van der Waals surface area contributed by atoms with Gasteiger partial charge in [0.2, 0.25) is 5.91 Å². The molecule has 0 radical (unpaired) electrons. The number of nitrogens with zero attached hydrogens (tertiary/aromatic N) is 1. The molecule has 5 atom stereocenters. The summed E-state index contributed by atoms with van der Waals surface area (Å²) in [6, 6.07) is 0. The molecule has 1 aliphatic carbocycles. The summed E-state index contributed by atoms with van der Waals surface area (Å²) in [5.41, 5.74) is -1.15. The first kappa shape index (κ1) is 25.1. The van der Waals surface area contributed by atoms with E-state index in [1.54, 1.807) is 6.92 Å². The summed E-state index contributed by atoms with van der Waals surface area (Å²) < 4.78 is 41.0. The molecule has 11 heteroatoms. The van der Waals surface area contributed by atoms with Gasteiger partial charge < -0.3 is 9.47 Å². The first-order chi connectivity index (χ1) is 16.2. The Morgan fingerprint density at radius 3 is 2.79 bits per heavy atom. The molecule has 0 spiro atoms. The lowest BCUT2D eigenvalue weighted by molar-refractivity contribution is -0.149. The fourth-order valence-corrected chi connectivity index (χ4v) is 6.18. The quantitative estimate of drug-likeness (QED) is 0.165. The highest BCUT2D eigenvalue weighted by molar-refractivity contribution is 7.48. The molecule has 3 aliphatic heterocycles. The van der Waals surface area contributed by atoms with Crippen molar-refractivity contribution in [3.8, 4) is 12.3 Å². The Bertz CT molecular complexity index is 937. The van der Waals surface area contributed by atoms with Gasteiger partial charge in [0.05, 0.1) is 19.6 Å². The van der Waals surface area contributed by atoms with Crippen LogP contribution in [0.2, 0.25) is 0 Å². The number of hydrogen-bond acceptors (Lipinski definition) is 9. The lowest BCUT2D eigenvalue weighted by Crippen LogP contribution is -2.49. The maximum absolute atomic E-state index is 13.1. The smallest absolute Gasteiger partial charge is 0.462 e. The normalized spacial score (nSPS) is 35.9. The van der Waals surface area contributed by atoms with E-state index in [1.807, 2.05) is 0 Å². The van der Waals surface area contributed by atoms with E-state index in [1.165, 1.54) is 17.2 Å². The molecule has 2 saturated heterocycles. The average molecular weight is 495 g/mol. The number of phosphoric ester groups is 1. The van der Waals surface area contributed by atoms with E-state index in [0.717, 1.165) is 25.7 Å². The van der Waals surface area contributed by atoms with Crippen LogP contribution < -0.4 is 0 Å². The number of hydrogen-bond donors (Lipinski definition) is 0. The Kier molecular flexibility index (Phi) is 7.60. The van der Waals surface area contributed by atoms with E-state index in [0.29, 0.717) is 12.8 Å². The number of carbonyl (C=O) groups excluding carboxylic acids is 3. The van der Waals surface area contributed by atoms with Crippen LogP contribution in [0.1, 0.15) is 58.3 Å². The van der Waals surface area contributed by atoms with Crippen LogP contribution in [-0.2, 0) is 42.0 Å². The van der Waals surface area contributed by atoms with Crippen molar-refractivity contribution in [2.45, 2.75) is 82.8 Å². The zero-order valence-electron chi connectivity index (χ0n) is 19.2. The van der Waals surface area contributed by atoms with Crippen LogP contribution in [0, 0.1) is 17.8 Å². The van der Waals surface area contributed by atoms with Gasteiger partial charge in [0.15, 0.2) is 12.0 Å². The maximum Gasteiger partial charge on any atom is 0.475 e. The molecule has 186 valence electrons. The Labute approximate surface area is 198 Å². The lowest BCUT2D eigenvalue weighted by atomic mass is 9.82. The standard InChI is InChI=1S/C23H30NO9P/c1-3-23(2)21-18(32-22(23)24-12-11-16(25)14-19(24)26)15-30-34(28,33-21)29-13-7-6-10-20(27)31-17-8-4-5-9-17/h1,11-12,17-18,21-22H,4-10,13-15H2,2H3/t18-,21-,22-,23-,34+/m1/s1. The van der Waals surface area contributed by atoms with Crippen molar-refractivity contribution in [2.75, 3.05) is 13.2 Å². The number of esters is 1. The number of unbranched alkanes of at least 4 members (excludes halogenated alkanes) is 1. The second-order valence-corrected chi connectivity index (χ2v) is 10.8. The molecule has 0 aromatic heterocycles. The number of fused-ring (bicyclic) bond motifs is 1. The number of rotatable bonds is 8. The van der Waals surface area contributed by atoms with Gasteiger partial charge in [0.25, 0.3) is 0 Å². The van der Waals surface area contributed by atoms with Crippen LogP contribution in [0.15, 0.2) is 12.3 Å². The molecule has 10 nitrogen and oxygen atoms in total. The number of phosphoric acid groups is 1. The molecular formula is C23H30NO9P. The van der Waals surface area contributed by atoms with Gasteiger partial charge in [-0.05, 0) is 51.5 Å². The fraction of sp³-hybridized carbons (Fsp3) is 0.696. The minimum absolute atomic E-state index is 0.0377. The highest BCUT2D eigenvalue weighted by Crippen LogP contribution is 2.59. The predicted molar refractivity (Wildman–Crippen MR) is 118 cm³/mol. The number of ketones is 1. The van der Waals surface area contributed by atoms with Crippen molar-refractivity contribution < 1.29 is 42.0 Å². The Balaban J connectivity index is 1.29. The van der Waals surface area contributed by atoms with E-state index in [2.05, 4.69) is 5.92 Å². The van der Waals surface area contributed by atoms with Crippen molar-refractivity contribution in [2.24, 2.45) is 5.41 Å². The first-order valence-electron chi connectivity index (χ1n) is 11.7. The average Bonchev–Trinajstić information content (AvgIpc) is 3.40. The van der Waals surface area contributed by atoms with E-state index in [4.69, 9.17) is 29.5 Å². The number of terminal acetylenes is 1. The molecular weight excluding hydrogens is 465 g/mol. The predicted octanol–water partition coefficient (Wildman–Crippen LogP) is 2.86. The lowest BCUT2D eigenvalue weighted by Gasteiger charge is -2.37. The molecule has 0 aromatic rings. The van der Waals surface area contributed by atoms with Gasteiger partial charge in [0.1, 0.15) is 23.7 Å². The van der Waals surface area contributed by atoms with E-state index >= 15 is 0 Å². The summed E-state index contributed by atoms with van der Waals surface area (Å²) in [6.07, 6.45) is 11.1. The molecule has 0 aromatic carbocycles. The van der Waals surface area contributed by atoms with Crippen LogP contribution in [-0.4, -0.2) is 60.3 Å². The highest BCUT2D eigenvalue weighted by Gasteiger charge is 2.61. The molecule has 1 amide bonds. The Morgan fingerprint density at radius 1 is 1.32 bits per heavy atom. The monoisotopic (exact) mass is 495 g/mol. The van der Waals surface area contributed by atoms with Crippen molar-refractivity contribution in [3.63, 3.8) is 0 Å². The second kappa shape index (κ2) is 10.3. The van der Waals surface area contributed by atoms with Crippen molar-refractivity contribution in [1.29, 1.82) is 0 Å². The molecule has 0 unspecified atom stereocenters. The number of carbonyl (C=O) groups is 3. The fourth-order valence-electron chi connectivity index (χ4n) is 4.67. The summed E-state index contributed by atoms with van der Waals surface area (Å²) in [7, 11) is -3.92. The van der Waals surface area contributed by atoms with Gasteiger partial charge in [-0.15, -0.1) is 6.42 Å². The van der Waals surface area contributed by atoms with Crippen molar-refractivity contribution in [1.82, 2.24) is 4.90 Å². The third-order valence-corrected chi connectivity index (χ3v) is 8.06. The van der Waals surface area contributed by atoms with E-state index in [-0.39, 0.29) is 43.9 Å². The van der Waals surface area contributed by atoms with Gasteiger partial charge in [-0.25, -0.2) is 4.57 Å². The minimum Gasteiger partial charge on any atom is -0.462 e. The van der Waals surface area contributed by atoms with E-state index < -0.39 is 37.6 Å².